The zero-order valence-corrected chi connectivity index (χ0v) is 16.0. The van der Waals surface area contributed by atoms with Crippen molar-refractivity contribution in [1.82, 2.24) is 10.6 Å². The summed E-state index contributed by atoms with van der Waals surface area (Å²) in [5.74, 6) is -3.42. The Labute approximate surface area is 164 Å². The van der Waals surface area contributed by atoms with E-state index in [0.29, 0.717) is 5.39 Å². The van der Waals surface area contributed by atoms with Gasteiger partial charge in [0.1, 0.15) is 11.8 Å². The molecule has 1 amide bonds. The molecule has 1 aliphatic rings. The van der Waals surface area contributed by atoms with Crippen molar-refractivity contribution in [2.24, 2.45) is 0 Å². The fourth-order valence-electron chi connectivity index (χ4n) is 3.31. The molecule has 0 aromatic heterocycles. The average Bonchev–Trinajstić information content (AvgIpc) is 2.94. The van der Waals surface area contributed by atoms with E-state index in [-0.39, 0.29) is 11.3 Å². The van der Waals surface area contributed by atoms with Gasteiger partial charge in [-0.1, -0.05) is 30.3 Å². The van der Waals surface area contributed by atoms with E-state index in [0.717, 1.165) is 17.1 Å². The normalized spacial score (nSPS) is 21.9. The molecule has 28 heavy (non-hydrogen) atoms. The minimum absolute atomic E-state index is 0.0265. The third-order valence-electron chi connectivity index (χ3n) is 4.69. The van der Waals surface area contributed by atoms with Crippen molar-refractivity contribution in [3.05, 3.63) is 42.0 Å². The SMILES string of the molecule is CC1(C)S[C@H]([C@H](NC(=O)c2c(O)ccc3ccccc23)C(=O)O)N[C@H]1C(=O)O. The molecule has 1 fully saturated rings. The van der Waals surface area contributed by atoms with Gasteiger partial charge in [0.15, 0.2) is 6.04 Å². The van der Waals surface area contributed by atoms with Crippen molar-refractivity contribution in [1.29, 1.82) is 0 Å². The van der Waals surface area contributed by atoms with E-state index in [9.17, 15) is 29.7 Å². The third-order valence-corrected chi connectivity index (χ3v) is 6.20. The van der Waals surface area contributed by atoms with Gasteiger partial charge in [0.05, 0.1) is 10.9 Å². The number of aromatic hydroxyl groups is 1. The van der Waals surface area contributed by atoms with Gasteiger partial charge in [0.2, 0.25) is 0 Å². The fourth-order valence-corrected chi connectivity index (χ4v) is 4.79. The van der Waals surface area contributed by atoms with Crippen molar-refractivity contribution in [2.75, 3.05) is 0 Å². The molecule has 0 aliphatic carbocycles. The number of benzene rings is 2. The first-order valence-corrected chi connectivity index (χ1v) is 9.41. The van der Waals surface area contributed by atoms with Crippen LogP contribution in [0.5, 0.6) is 5.75 Å². The summed E-state index contributed by atoms with van der Waals surface area (Å²) in [5.41, 5.74) is -0.0265. The van der Waals surface area contributed by atoms with Crippen LogP contribution in [0.25, 0.3) is 10.8 Å². The van der Waals surface area contributed by atoms with Gasteiger partial charge < -0.3 is 20.6 Å². The quantitative estimate of drug-likeness (QED) is 0.507. The summed E-state index contributed by atoms with van der Waals surface area (Å²) >= 11 is 1.14. The first kappa shape index (κ1) is 20.0. The molecule has 1 aliphatic heterocycles. The van der Waals surface area contributed by atoms with Crippen LogP contribution < -0.4 is 10.6 Å². The molecule has 0 bridgehead atoms. The van der Waals surface area contributed by atoms with Crippen molar-refractivity contribution < 1.29 is 29.7 Å². The van der Waals surface area contributed by atoms with E-state index in [1.54, 1.807) is 44.2 Å². The number of nitrogens with one attached hydrogen (secondary N) is 2. The summed E-state index contributed by atoms with van der Waals surface area (Å²) in [4.78, 5) is 36.1. The van der Waals surface area contributed by atoms with Crippen LogP contribution in [0.2, 0.25) is 0 Å². The van der Waals surface area contributed by atoms with Crippen molar-refractivity contribution in [3.63, 3.8) is 0 Å². The number of phenols is 1. The lowest BCUT2D eigenvalue weighted by Gasteiger charge is -2.22. The summed E-state index contributed by atoms with van der Waals surface area (Å²) in [5, 5.41) is 34.7. The highest BCUT2D eigenvalue weighted by atomic mass is 32.2. The van der Waals surface area contributed by atoms with Crippen LogP contribution in [0, 0.1) is 0 Å². The van der Waals surface area contributed by atoms with Crippen LogP contribution in [0.15, 0.2) is 36.4 Å². The maximum Gasteiger partial charge on any atom is 0.328 e. The molecule has 3 rings (SSSR count). The molecule has 5 N–H and O–H groups in total. The van der Waals surface area contributed by atoms with Crippen LogP contribution in [-0.2, 0) is 9.59 Å². The van der Waals surface area contributed by atoms with E-state index in [1.807, 2.05) is 0 Å². The van der Waals surface area contributed by atoms with Crippen molar-refractivity contribution in [3.8, 4) is 5.75 Å². The highest BCUT2D eigenvalue weighted by Gasteiger charge is 2.49. The number of rotatable bonds is 5. The van der Waals surface area contributed by atoms with Gasteiger partial charge in [-0.3, -0.25) is 14.9 Å². The van der Waals surface area contributed by atoms with E-state index in [2.05, 4.69) is 10.6 Å². The summed E-state index contributed by atoms with van der Waals surface area (Å²) in [6.45, 7) is 3.39. The number of carboxylic acids is 2. The second-order valence-electron chi connectivity index (χ2n) is 7.05. The number of hydrogen-bond donors (Lipinski definition) is 5. The molecule has 1 saturated heterocycles. The predicted molar refractivity (Wildman–Crippen MR) is 105 cm³/mol. The summed E-state index contributed by atoms with van der Waals surface area (Å²) in [6, 6.07) is 7.60. The number of carbonyl (C=O) groups excluding carboxylic acids is 1. The van der Waals surface area contributed by atoms with Gasteiger partial charge in [-0.2, -0.15) is 0 Å². The van der Waals surface area contributed by atoms with E-state index in [1.165, 1.54) is 6.07 Å². The van der Waals surface area contributed by atoms with Gasteiger partial charge in [0, 0.05) is 4.75 Å². The van der Waals surface area contributed by atoms with Crippen LogP contribution in [0.4, 0.5) is 0 Å². The Morgan fingerprint density at radius 3 is 2.43 bits per heavy atom. The van der Waals surface area contributed by atoms with Gasteiger partial charge in [-0.15, -0.1) is 11.8 Å². The fraction of sp³-hybridized carbons (Fsp3) is 0.316. The van der Waals surface area contributed by atoms with E-state index in [4.69, 9.17) is 0 Å². The molecule has 8 nitrogen and oxygen atoms in total. The third kappa shape index (κ3) is 3.63. The van der Waals surface area contributed by atoms with Crippen molar-refractivity contribution >= 4 is 40.4 Å². The van der Waals surface area contributed by atoms with Crippen LogP contribution in [0.3, 0.4) is 0 Å². The van der Waals surface area contributed by atoms with Crippen LogP contribution in [0.1, 0.15) is 24.2 Å². The monoisotopic (exact) mass is 404 g/mol. The summed E-state index contributed by atoms with van der Waals surface area (Å²) in [6.07, 6.45) is 0. The number of thioether (sulfide) groups is 1. The Morgan fingerprint density at radius 2 is 1.82 bits per heavy atom. The molecule has 148 valence electrons. The number of carbonyl (C=O) groups is 3. The molecular formula is C19H20N2O6S. The number of amides is 1. The zero-order valence-electron chi connectivity index (χ0n) is 15.2. The summed E-state index contributed by atoms with van der Waals surface area (Å²) in [7, 11) is 0. The Bertz CT molecular complexity index is 961. The number of phenolic OH excluding ortho intramolecular Hbond substituents is 1. The second-order valence-corrected chi connectivity index (χ2v) is 8.85. The average molecular weight is 404 g/mol. The molecule has 2 aromatic rings. The smallest absolute Gasteiger partial charge is 0.328 e. The molecule has 3 atom stereocenters. The van der Waals surface area contributed by atoms with Crippen LogP contribution >= 0.6 is 11.8 Å². The van der Waals surface area contributed by atoms with Crippen molar-refractivity contribution in [2.45, 2.75) is 36.1 Å². The van der Waals surface area contributed by atoms with Crippen LogP contribution in [-0.4, -0.2) is 55.4 Å². The second kappa shape index (κ2) is 7.33. The minimum Gasteiger partial charge on any atom is -0.507 e. The predicted octanol–water partition coefficient (Wildman–Crippen LogP) is 1.62. The number of fused-ring (bicyclic) bond motifs is 1. The molecule has 0 radical (unpaired) electrons. The van der Waals surface area contributed by atoms with Gasteiger partial charge >= 0.3 is 11.9 Å². The highest BCUT2D eigenvalue weighted by molar-refractivity contribution is 8.01. The first-order valence-electron chi connectivity index (χ1n) is 8.53. The Hall–Kier alpha value is -2.78. The largest absolute Gasteiger partial charge is 0.507 e. The molecule has 0 spiro atoms. The maximum atomic E-state index is 12.8. The van der Waals surface area contributed by atoms with Gasteiger partial charge in [0.25, 0.3) is 5.91 Å². The topological polar surface area (TPSA) is 136 Å². The molecule has 0 saturated carbocycles. The Kier molecular flexibility index (Phi) is 5.22. The first-order chi connectivity index (χ1) is 13.1. The molecule has 1 heterocycles. The van der Waals surface area contributed by atoms with Gasteiger partial charge in [-0.25, -0.2) is 4.79 Å². The molecular weight excluding hydrogens is 384 g/mol. The maximum absolute atomic E-state index is 12.8. The lowest BCUT2D eigenvalue weighted by atomic mass is 10.0. The van der Waals surface area contributed by atoms with E-state index >= 15 is 0 Å². The number of hydrogen-bond acceptors (Lipinski definition) is 6. The highest BCUT2D eigenvalue weighted by Crippen LogP contribution is 2.39. The molecule has 0 unspecified atom stereocenters. The lowest BCUT2D eigenvalue weighted by molar-refractivity contribution is -0.142. The Balaban J connectivity index is 1.91. The van der Waals surface area contributed by atoms with E-state index < -0.39 is 40.1 Å². The Morgan fingerprint density at radius 1 is 1.14 bits per heavy atom. The van der Waals surface area contributed by atoms with Gasteiger partial charge in [-0.05, 0) is 30.7 Å². The zero-order chi connectivity index (χ0) is 20.6. The number of carboxylic acid groups (broad SMARTS) is 2. The summed E-state index contributed by atoms with van der Waals surface area (Å²) < 4.78 is -0.767. The lowest BCUT2D eigenvalue weighted by Crippen LogP contribution is -2.53. The molecule has 2 aromatic carbocycles. The number of aliphatic carboxylic acids is 2. The molecule has 9 heteroatoms. The standard InChI is InChI=1S/C19H20N2O6S/c1-19(2)14(18(26)27)21-16(28-19)13(17(24)25)20-15(23)12-10-6-4-3-5-9(10)7-8-11(12)22/h3-8,13-14,16,21-22H,1-2H3,(H,20,23)(H,24,25)(H,26,27)/t13-,14-,16+/m0/s1. The minimum atomic E-state index is -1.39.